The third kappa shape index (κ3) is 4.18. The Bertz CT molecular complexity index is 1020. The zero-order chi connectivity index (χ0) is 22.6. The number of amides is 1. The number of piperidine rings is 1. The maximum absolute atomic E-state index is 14.1. The van der Waals surface area contributed by atoms with Crippen LogP contribution in [0.15, 0.2) is 84.9 Å². The molecule has 0 spiro atoms. The lowest BCUT2D eigenvalue weighted by Crippen LogP contribution is -2.55. The van der Waals surface area contributed by atoms with E-state index in [0.717, 1.165) is 28.7 Å². The van der Waals surface area contributed by atoms with Gasteiger partial charge in [-0.05, 0) is 42.9 Å². The molecule has 4 rings (SSSR count). The molecule has 4 heteroatoms. The van der Waals surface area contributed by atoms with Crippen LogP contribution < -0.4 is 0 Å². The minimum Gasteiger partial charge on any atom is -0.468 e. The minimum atomic E-state index is -1.22. The van der Waals surface area contributed by atoms with Crippen molar-refractivity contribution in [2.45, 2.75) is 32.2 Å². The first-order chi connectivity index (χ1) is 15.5. The first kappa shape index (κ1) is 21.8. The summed E-state index contributed by atoms with van der Waals surface area (Å²) in [5.41, 5.74) is 2.95. The van der Waals surface area contributed by atoms with Gasteiger partial charge in [0.25, 0.3) is 0 Å². The van der Waals surface area contributed by atoms with Gasteiger partial charge >= 0.3 is 5.97 Å². The molecule has 0 bridgehead atoms. The second-order valence-electron chi connectivity index (χ2n) is 8.56. The van der Waals surface area contributed by atoms with E-state index in [1.807, 2.05) is 96.8 Å². The highest BCUT2D eigenvalue weighted by Crippen LogP contribution is 2.41. The number of ether oxygens (including phenoxy) is 1. The van der Waals surface area contributed by atoms with Gasteiger partial charge < -0.3 is 9.64 Å². The van der Waals surface area contributed by atoms with E-state index in [2.05, 4.69) is 0 Å². The maximum Gasteiger partial charge on any atom is 0.321 e. The van der Waals surface area contributed by atoms with Crippen LogP contribution >= 0.6 is 0 Å². The van der Waals surface area contributed by atoms with E-state index in [1.54, 1.807) is 0 Å². The highest BCUT2D eigenvalue weighted by molar-refractivity contribution is 6.03. The van der Waals surface area contributed by atoms with Gasteiger partial charge in [-0.15, -0.1) is 0 Å². The fourth-order valence-electron chi connectivity index (χ4n) is 4.78. The van der Waals surface area contributed by atoms with Crippen LogP contribution in [0.2, 0.25) is 0 Å². The molecule has 1 heterocycles. The van der Waals surface area contributed by atoms with Crippen LogP contribution in [0.4, 0.5) is 0 Å². The van der Waals surface area contributed by atoms with Gasteiger partial charge in [0.1, 0.15) is 0 Å². The maximum atomic E-state index is 14.1. The van der Waals surface area contributed by atoms with Crippen LogP contribution in [0.1, 0.15) is 41.1 Å². The molecular weight excluding hydrogens is 398 g/mol. The first-order valence-electron chi connectivity index (χ1n) is 11.1. The number of carbonyl (C=O) groups is 2. The van der Waals surface area contributed by atoms with Crippen molar-refractivity contribution in [2.24, 2.45) is 5.41 Å². The Kier molecular flexibility index (Phi) is 6.40. The van der Waals surface area contributed by atoms with Crippen LogP contribution in [-0.2, 0) is 20.7 Å². The van der Waals surface area contributed by atoms with Crippen LogP contribution in [0.3, 0.4) is 0 Å². The molecule has 0 aliphatic carbocycles. The second kappa shape index (κ2) is 9.39. The summed E-state index contributed by atoms with van der Waals surface area (Å²) in [6.45, 7) is 2.62. The summed E-state index contributed by atoms with van der Waals surface area (Å²) in [5.74, 6) is -0.610. The van der Waals surface area contributed by atoms with Crippen molar-refractivity contribution in [3.8, 4) is 0 Å². The van der Waals surface area contributed by atoms with Gasteiger partial charge in [0.15, 0.2) is 5.41 Å². The average molecular weight is 428 g/mol. The number of hydrogen-bond donors (Lipinski definition) is 0. The van der Waals surface area contributed by atoms with Gasteiger partial charge in [0, 0.05) is 6.54 Å². The predicted molar refractivity (Wildman–Crippen MR) is 125 cm³/mol. The zero-order valence-electron chi connectivity index (χ0n) is 18.7. The molecule has 0 N–H and O–H groups in total. The molecule has 3 aromatic rings. The van der Waals surface area contributed by atoms with Crippen molar-refractivity contribution >= 4 is 11.9 Å². The largest absolute Gasteiger partial charge is 0.468 e. The van der Waals surface area contributed by atoms with Crippen molar-refractivity contribution in [3.05, 3.63) is 107 Å². The Morgan fingerprint density at radius 3 is 2.03 bits per heavy atom. The van der Waals surface area contributed by atoms with Crippen molar-refractivity contribution in [2.75, 3.05) is 13.7 Å². The van der Waals surface area contributed by atoms with E-state index in [0.29, 0.717) is 19.4 Å². The summed E-state index contributed by atoms with van der Waals surface area (Å²) in [4.78, 5) is 29.1. The number of nitrogens with zero attached hydrogens (tertiary/aromatic N) is 1. The SMILES string of the molecule is COC(=O)[C@]1(Cc2ccc(C)cc2)CCCN(C(c2ccccc2)c2ccccc2)C1=O. The molecule has 1 amide bonds. The van der Waals surface area contributed by atoms with Crippen LogP contribution in [-0.4, -0.2) is 30.4 Å². The van der Waals surface area contributed by atoms with Gasteiger partial charge in [0.2, 0.25) is 5.91 Å². The summed E-state index contributed by atoms with van der Waals surface area (Å²) in [7, 11) is 1.37. The number of rotatable bonds is 6. The van der Waals surface area contributed by atoms with Gasteiger partial charge in [-0.3, -0.25) is 9.59 Å². The fourth-order valence-corrected chi connectivity index (χ4v) is 4.78. The lowest BCUT2D eigenvalue weighted by molar-refractivity contribution is -0.168. The molecule has 3 aromatic carbocycles. The van der Waals surface area contributed by atoms with Gasteiger partial charge in [-0.2, -0.15) is 0 Å². The molecule has 4 nitrogen and oxygen atoms in total. The van der Waals surface area contributed by atoms with E-state index >= 15 is 0 Å². The van der Waals surface area contributed by atoms with Crippen LogP contribution in [0.5, 0.6) is 0 Å². The Hall–Kier alpha value is -3.40. The summed E-state index contributed by atoms with van der Waals surface area (Å²) in [6, 6.07) is 27.8. The molecule has 1 aliphatic rings. The standard InChI is InChI=1S/C28H29NO3/c1-21-14-16-22(17-15-21)20-28(27(31)32-2)18-9-19-29(26(28)30)25(23-10-5-3-6-11-23)24-12-7-4-8-13-24/h3-8,10-17,25H,9,18-20H2,1-2H3/t28-/m0/s1. The monoisotopic (exact) mass is 427 g/mol. The number of hydrogen-bond acceptors (Lipinski definition) is 3. The van der Waals surface area contributed by atoms with Crippen molar-refractivity contribution < 1.29 is 14.3 Å². The molecular formula is C28H29NO3. The van der Waals surface area contributed by atoms with Gasteiger partial charge in [0.05, 0.1) is 13.2 Å². The Labute approximate surface area is 189 Å². The number of likely N-dealkylation sites (tertiary alicyclic amines) is 1. The van der Waals surface area contributed by atoms with Gasteiger partial charge in [-0.1, -0.05) is 90.5 Å². The van der Waals surface area contributed by atoms with Crippen molar-refractivity contribution in [1.82, 2.24) is 4.90 Å². The molecule has 0 aromatic heterocycles. The molecule has 1 fully saturated rings. The van der Waals surface area contributed by atoms with Crippen LogP contribution in [0.25, 0.3) is 0 Å². The van der Waals surface area contributed by atoms with Crippen molar-refractivity contribution in [1.29, 1.82) is 0 Å². The third-order valence-corrected chi connectivity index (χ3v) is 6.42. The van der Waals surface area contributed by atoms with Gasteiger partial charge in [-0.25, -0.2) is 0 Å². The normalized spacial score (nSPS) is 18.6. The molecule has 1 atom stereocenters. The predicted octanol–water partition coefficient (Wildman–Crippen LogP) is 5.11. The topological polar surface area (TPSA) is 46.6 Å². The van der Waals surface area contributed by atoms with E-state index < -0.39 is 11.4 Å². The van der Waals surface area contributed by atoms with E-state index in [1.165, 1.54) is 7.11 Å². The number of carbonyl (C=O) groups excluding carboxylic acids is 2. The number of aryl methyl sites for hydroxylation is 1. The summed E-state index contributed by atoms with van der Waals surface area (Å²) in [6.07, 6.45) is 1.56. The van der Waals surface area contributed by atoms with E-state index in [4.69, 9.17) is 4.74 Å². The highest BCUT2D eigenvalue weighted by atomic mass is 16.5. The minimum absolute atomic E-state index is 0.158. The Morgan fingerprint density at radius 2 is 1.50 bits per heavy atom. The first-order valence-corrected chi connectivity index (χ1v) is 11.1. The average Bonchev–Trinajstić information content (AvgIpc) is 2.84. The van der Waals surface area contributed by atoms with E-state index in [-0.39, 0.29) is 11.9 Å². The number of esters is 1. The summed E-state index contributed by atoms with van der Waals surface area (Å²) >= 11 is 0. The lowest BCUT2D eigenvalue weighted by Gasteiger charge is -2.43. The summed E-state index contributed by atoms with van der Waals surface area (Å²) in [5, 5.41) is 0. The molecule has 1 aliphatic heterocycles. The van der Waals surface area contributed by atoms with E-state index in [9.17, 15) is 9.59 Å². The van der Waals surface area contributed by atoms with Crippen molar-refractivity contribution in [3.63, 3.8) is 0 Å². The number of benzene rings is 3. The fraction of sp³-hybridized carbons (Fsp3) is 0.286. The molecule has 1 saturated heterocycles. The molecule has 0 saturated carbocycles. The molecule has 0 radical (unpaired) electrons. The molecule has 0 unspecified atom stereocenters. The third-order valence-electron chi connectivity index (χ3n) is 6.42. The molecule has 32 heavy (non-hydrogen) atoms. The molecule has 164 valence electrons. The Balaban J connectivity index is 1.77. The quantitative estimate of drug-likeness (QED) is 0.406. The highest BCUT2D eigenvalue weighted by Gasteiger charge is 2.52. The van der Waals surface area contributed by atoms with Crippen LogP contribution in [0, 0.1) is 12.3 Å². The Morgan fingerprint density at radius 1 is 0.938 bits per heavy atom. The summed E-state index contributed by atoms with van der Waals surface area (Å²) < 4.78 is 5.21. The lowest BCUT2D eigenvalue weighted by atomic mass is 9.73. The number of methoxy groups -OCH3 is 1. The zero-order valence-corrected chi connectivity index (χ0v) is 18.7. The second-order valence-corrected chi connectivity index (χ2v) is 8.56. The smallest absolute Gasteiger partial charge is 0.321 e.